The Balaban J connectivity index is 1.85. The van der Waals surface area contributed by atoms with Gasteiger partial charge in [0.05, 0.1) is 19.2 Å². The monoisotopic (exact) mass is 281 g/mol. The maximum absolute atomic E-state index is 13.0. The van der Waals surface area contributed by atoms with Gasteiger partial charge in [-0.05, 0) is 29.8 Å². The van der Waals surface area contributed by atoms with Crippen LogP contribution in [0.15, 0.2) is 41.0 Å². The molecule has 4 nitrogen and oxygen atoms in total. The quantitative estimate of drug-likeness (QED) is 0.880. The number of hydrogen-bond acceptors (Lipinski definition) is 3. The Kier molecular flexibility index (Phi) is 4.47. The summed E-state index contributed by atoms with van der Waals surface area (Å²) in [4.78, 5) is 11.6. The van der Waals surface area contributed by atoms with Gasteiger partial charge in [0.1, 0.15) is 11.9 Å². The topological polar surface area (TPSA) is 62.5 Å². The summed E-state index contributed by atoms with van der Waals surface area (Å²) in [7, 11) is 0. The van der Waals surface area contributed by atoms with E-state index in [0.29, 0.717) is 11.3 Å². The molecule has 0 saturated heterocycles. The van der Waals surface area contributed by atoms with Crippen molar-refractivity contribution in [2.45, 2.75) is 12.5 Å². The highest BCUT2D eigenvalue weighted by Crippen LogP contribution is 2.12. The van der Waals surface area contributed by atoms with Crippen molar-refractivity contribution in [3.8, 4) is 0 Å². The Morgan fingerprint density at radius 2 is 2.10 bits per heavy atom. The molecule has 2 rings (SSSR count). The van der Waals surface area contributed by atoms with Crippen LogP contribution in [0.4, 0.5) is 8.78 Å². The zero-order valence-corrected chi connectivity index (χ0v) is 10.5. The number of aliphatic hydroxyl groups excluding tert-OH is 1. The highest BCUT2D eigenvalue weighted by molar-refractivity contribution is 5.78. The van der Waals surface area contributed by atoms with Gasteiger partial charge in [-0.3, -0.25) is 4.79 Å². The molecule has 0 aliphatic heterocycles. The molecule has 0 fully saturated rings. The molecule has 0 radical (unpaired) electrons. The summed E-state index contributed by atoms with van der Waals surface area (Å²) in [6.07, 6.45) is 0.378. The van der Waals surface area contributed by atoms with Gasteiger partial charge in [0.15, 0.2) is 11.6 Å². The zero-order chi connectivity index (χ0) is 14.5. The van der Waals surface area contributed by atoms with Crippen molar-refractivity contribution in [2.75, 3.05) is 6.54 Å². The fraction of sp³-hybridized carbons (Fsp3) is 0.214. The van der Waals surface area contributed by atoms with Gasteiger partial charge in [-0.1, -0.05) is 6.07 Å². The predicted molar refractivity (Wildman–Crippen MR) is 66.7 cm³/mol. The molecular weight excluding hydrogens is 268 g/mol. The van der Waals surface area contributed by atoms with Gasteiger partial charge < -0.3 is 14.8 Å². The number of carbonyl (C=O) groups excluding carboxylic acids is 1. The van der Waals surface area contributed by atoms with Crippen LogP contribution < -0.4 is 5.32 Å². The number of halogens is 2. The van der Waals surface area contributed by atoms with E-state index in [1.807, 2.05) is 0 Å². The fourth-order valence-electron chi connectivity index (χ4n) is 1.69. The van der Waals surface area contributed by atoms with E-state index in [-0.39, 0.29) is 13.0 Å². The van der Waals surface area contributed by atoms with Crippen LogP contribution >= 0.6 is 0 Å². The fourth-order valence-corrected chi connectivity index (χ4v) is 1.69. The average molecular weight is 281 g/mol. The zero-order valence-electron chi connectivity index (χ0n) is 10.5. The Morgan fingerprint density at radius 3 is 2.75 bits per heavy atom. The summed E-state index contributed by atoms with van der Waals surface area (Å²) in [5.41, 5.74) is 0.355. The molecule has 2 N–H and O–H groups in total. The number of carbonyl (C=O) groups is 1. The number of benzene rings is 1. The van der Waals surface area contributed by atoms with E-state index in [2.05, 4.69) is 5.32 Å². The predicted octanol–water partition coefficient (Wildman–Crippen LogP) is 1.95. The van der Waals surface area contributed by atoms with E-state index in [1.54, 1.807) is 12.1 Å². The number of hydrogen-bond donors (Lipinski definition) is 2. The Bertz CT molecular complexity index is 584. The minimum atomic E-state index is -0.995. The largest absolute Gasteiger partial charge is 0.467 e. The van der Waals surface area contributed by atoms with Gasteiger partial charge in [0, 0.05) is 0 Å². The average Bonchev–Trinajstić information content (AvgIpc) is 2.94. The van der Waals surface area contributed by atoms with Gasteiger partial charge in [-0.25, -0.2) is 8.78 Å². The third-order valence-electron chi connectivity index (χ3n) is 2.71. The molecule has 0 aliphatic rings. The van der Waals surface area contributed by atoms with E-state index in [1.165, 1.54) is 12.3 Å². The first-order valence-electron chi connectivity index (χ1n) is 5.98. The summed E-state index contributed by atoms with van der Waals surface area (Å²) >= 11 is 0. The van der Waals surface area contributed by atoms with Crippen molar-refractivity contribution in [1.29, 1.82) is 0 Å². The summed E-state index contributed by atoms with van der Waals surface area (Å²) in [5.74, 6) is -2.01. The van der Waals surface area contributed by atoms with Gasteiger partial charge in [0.25, 0.3) is 0 Å². The lowest BCUT2D eigenvalue weighted by molar-refractivity contribution is -0.120. The van der Waals surface area contributed by atoms with Crippen LogP contribution in [-0.4, -0.2) is 17.6 Å². The first kappa shape index (κ1) is 14.2. The Hall–Kier alpha value is -2.21. The number of amides is 1. The van der Waals surface area contributed by atoms with Gasteiger partial charge in [-0.15, -0.1) is 0 Å². The maximum atomic E-state index is 13.0. The molecule has 1 aromatic carbocycles. The van der Waals surface area contributed by atoms with Crippen molar-refractivity contribution in [2.24, 2.45) is 0 Å². The normalized spacial score (nSPS) is 12.2. The first-order valence-corrected chi connectivity index (χ1v) is 5.98. The summed E-state index contributed by atoms with van der Waals surface area (Å²) < 4.78 is 30.7. The molecule has 1 unspecified atom stereocenters. The number of aliphatic hydroxyl groups is 1. The summed E-state index contributed by atoms with van der Waals surface area (Å²) in [6, 6.07) is 6.49. The molecule has 6 heteroatoms. The smallest absolute Gasteiger partial charge is 0.224 e. The highest BCUT2D eigenvalue weighted by atomic mass is 19.2. The second-order valence-corrected chi connectivity index (χ2v) is 4.26. The van der Waals surface area contributed by atoms with Crippen LogP contribution in [0.3, 0.4) is 0 Å². The molecule has 0 spiro atoms. The SMILES string of the molecule is O=C(Cc1ccc(F)c(F)c1)NCC(O)c1ccco1. The third kappa shape index (κ3) is 3.64. The molecule has 106 valence electrons. The first-order chi connectivity index (χ1) is 9.56. The van der Waals surface area contributed by atoms with E-state index < -0.39 is 23.6 Å². The van der Waals surface area contributed by atoms with Crippen molar-refractivity contribution in [3.05, 3.63) is 59.6 Å². The third-order valence-corrected chi connectivity index (χ3v) is 2.71. The molecule has 1 heterocycles. The number of furan rings is 1. The molecule has 0 aliphatic carbocycles. The second kappa shape index (κ2) is 6.29. The standard InChI is InChI=1S/C14H13F2NO3/c15-10-4-3-9(6-11(10)16)7-14(19)17-8-12(18)13-2-1-5-20-13/h1-6,12,18H,7-8H2,(H,17,19). The van der Waals surface area contributed by atoms with Crippen LogP contribution in [-0.2, 0) is 11.2 Å². The van der Waals surface area contributed by atoms with Crippen molar-refractivity contribution < 1.29 is 23.1 Å². The molecular formula is C14H13F2NO3. The lowest BCUT2D eigenvalue weighted by Crippen LogP contribution is -2.29. The highest BCUT2D eigenvalue weighted by Gasteiger charge is 2.12. The number of rotatable bonds is 5. The molecule has 1 amide bonds. The van der Waals surface area contributed by atoms with E-state index in [0.717, 1.165) is 12.1 Å². The molecule has 2 aromatic rings. The van der Waals surface area contributed by atoms with Crippen LogP contribution in [0.5, 0.6) is 0 Å². The van der Waals surface area contributed by atoms with E-state index in [4.69, 9.17) is 4.42 Å². The lowest BCUT2D eigenvalue weighted by Gasteiger charge is -2.09. The van der Waals surface area contributed by atoms with Crippen LogP contribution in [0.25, 0.3) is 0 Å². The summed E-state index contributed by atoms with van der Waals surface area (Å²) in [5, 5.41) is 12.2. The van der Waals surface area contributed by atoms with Crippen molar-refractivity contribution in [1.82, 2.24) is 5.32 Å². The van der Waals surface area contributed by atoms with Crippen LogP contribution in [0.2, 0.25) is 0 Å². The summed E-state index contributed by atoms with van der Waals surface area (Å²) in [6.45, 7) is -0.0178. The maximum Gasteiger partial charge on any atom is 0.224 e. The minimum Gasteiger partial charge on any atom is -0.467 e. The van der Waals surface area contributed by atoms with E-state index >= 15 is 0 Å². The molecule has 20 heavy (non-hydrogen) atoms. The number of nitrogens with one attached hydrogen (secondary N) is 1. The molecule has 1 aromatic heterocycles. The Morgan fingerprint density at radius 1 is 1.30 bits per heavy atom. The van der Waals surface area contributed by atoms with E-state index in [9.17, 15) is 18.7 Å². The lowest BCUT2D eigenvalue weighted by atomic mass is 10.1. The van der Waals surface area contributed by atoms with Crippen molar-refractivity contribution in [3.63, 3.8) is 0 Å². The molecule has 1 atom stereocenters. The Labute approximate surface area is 114 Å². The van der Waals surface area contributed by atoms with Crippen LogP contribution in [0, 0.1) is 11.6 Å². The van der Waals surface area contributed by atoms with Crippen molar-refractivity contribution >= 4 is 5.91 Å². The second-order valence-electron chi connectivity index (χ2n) is 4.26. The molecule has 0 bridgehead atoms. The van der Waals surface area contributed by atoms with Crippen LogP contribution in [0.1, 0.15) is 17.4 Å². The van der Waals surface area contributed by atoms with Gasteiger partial charge in [0.2, 0.25) is 5.91 Å². The molecule has 0 saturated carbocycles. The minimum absolute atomic E-state index is 0.0178. The van der Waals surface area contributed by atoms with Gasteiger partial charge >= 0.3 is 0 Å². The van der Waals surface area contributed by atoms with Gasteiger partial charge in [-0.2, -0.15) is 0 Å².